The average Bonchev–Trinajstić information content (AvgIpc) is 2.06. The third-order valence-corrected chi connectivity index (χ3v) is 4.70. The third kappa shape index (κ3) is 2.26. The van der Waals surface area contributed by atoms with Gasteiger partial charge in [-0.2, -0.15) is 0 Å². The van der Waals surface area contributed by atoms with Crippen molar-refractivity contribution in [2.24, 2.45) is 10.8 Å². The molecule has 0 fully saturated rings. The zero-order chi connectivity index (χ0) is 11.9. The molecule has 0 aromatic carbocycles. The van der Waals surface area contributed by atoms with Gasteiger partial charge in [0.15, 0.2) is 0 Å². The standard InChI is InChI=1S/C14H28N/c1-8-15-11(2)9-13(4,5)14(6,7)10-12(15)3/h11H,8-10H2,1-7H3/q+1. The molecule has 0 radical (unpaired) electrons. The van der Waals surface area contributed by atoms with Gasteiger partial charge in [-0.15, -0.1) is 0 Å². The van der Waals surface area contributed by atoms with Gasteiger partial charge < -0.3 is 0 Å². The second-order valence-electron chi connectivity index (χ2n) is 6.52. The molecule has 0 aromatic rings. The summed E-state index contributed by atoms with van der Waals surface area (Å²) in [6, 6.07) is 0.687. The van der Waals surface area contributed by atoms with E-state index in [1.54, 1.807) is 5.71 Å². The second kappa shape index (κ2) is 3.92. The van der Waals surface area contributed by atoms with Gasteiger partial charge >= 0.3 is 0 Å². The van der Waals surface area contributed by atoms with E-state index in [1.165, 1.54) is 12.8 Å². The maximum Gasteiger partial charge on any atom is 0.150 e. The molecule has 0 aromatic heterocycles. The van der Waals surface area contributed by atoms with Crippen LogP contribution in [-0.2, 0) is 0 Å². The molecular formula is C14H28N+. The highest BCUT2D eigenvalue weighted by Crippen LogP contribution is 2.46. The molecular weight excluding hydrogens is 182 g/mol. The van der Waals surface area contributed by atoms with Crippen molar-refractivity contribution in [3.63, 3.8) is 0 Å². The van der Waals surface area contributed by atoms with E-state index in [2.05, 4.69) is 53.0 Å². The molecule has 0 saturated heterocycles. The lowest BCUT2D eigenvalue weighted by molar-refractivity contribution is -0.562. The molecule has 1 aliphatic rings. The van der Waals surface area contributed by atoms with Crippen LogP contribution < -0.4 is 0 Å². The summed E-state index contributed by atoms with van der Waals surface area (Å²) in [5.74, 6) is 0. The third-order valence-electron chi connectivity index (χ3n) is 4.70. The summed E-state index contributed by atoms with van der Waals surface area (Å²) in [4.78, 5) is 0. The molecule has 0 amide bonds. The predicted octanol–water partition coefficient (Wildman–Crippen LogP) is 3.71. The molecule has 1 atom stereocenters. The van der Waals surface area contributed by atoms with Gasteiger partial charge in [0.05, 0.1) is 0 Å². The number of rotatable bonds is 1. The topological polar surface area (TPSA) is 3.01 Å². The molecule has 1 unspecified atom stereocenters. The molecule has 0 saturated carbocycles. The Bertz CT molecular complexity index is 271. The van der Waals surface area contributed by atoms with E-state index in [1.807, 2.05) is 0 Å². The minimum atomic E-state index is 0.412. The van der Waals surface area contributed by atoms with Gasteiger partial charge in [-0.05, 0) is 24.7 Å². The summed E-state index contributed by atoms with van der Waals surface area (Å²) in [6.07, 6.45) is 2.53. The Hall–Kier alpha value is -0.330. The van der Waals surface area contributed by atoms with E-state index in [9.17, 15) is 0 Å². The molecule has 1 heterocycles. The Morgan fingerprint density at radius 3 is 2.20 bits per heavy atom. The Morgan fingerprint density at radius 1 is 1.20 bits per heavy atom. The molecule has 1 rings (SSSR count). The van der Waals surface area contributed by atoms with Crippen molar-refractivity contribution in [1.29, 1.82) is 0 Å². The second-order valence-corrected chi connectivity index (χ2v) is 6.52. The first kappa shape index (κ1) is 12.7. The molecule has 0 bridgehead atoms. The van der Waals surface area contributed by atoms with Crippen LogP contribution >= 0.6 is 0 Å². The lowest BCUT2D eigenvalue weighted by Crippen LogP contribution is -2.34. The first-order chi connectivity index (χ1) is 6.71. The molecule has 0 aliphatic carbocycles. The lowest BCUT2D eigenvalue weighted by Gasteiger charge is -2.39. The Morgan fingerprint density at radius 2 is 1.73 bits per heavy atom. The van der Waals surface area contributed by atoms with E-state index in [-0.39, 0.29) is 0 Å². The molecule has 0 N–H and O–H groups in total. The molecule has 1 heteroatoms. The predicted molar refractivity (Wildman–Crippen MR) is 67.7 cm³/mol. The first-order valence-electron chi connectivity index (χ1n) is 6.30. The zero-order valence-electron chi connectivity index (χ0n) is 11.6. The summed E-state index contributed by atoms with van der Waals surface area (Å²) in [7, 11) is 0. The van der Waals surface area contributed by atoms with Crippen molar-refractivity contribution in [3.8, 4) is 0 Å². The minimum absolute atomic E-state index is 0.412. The van der Waals surface area contributed by atoms with Crippen LogP contribution in [-0.4, -0.2) is 22.9 Å². The van der Waals surface area contributed by atoms with Gasteiger partial charge in [0.25, 0.3) is 0 Å². The van der Waals surface area contributed by atoms with Gasteiger partial charge in [-0.25, -0.2) is 4.58 Å². The van der Waals surface area contributed by atoms with E-state index in [0.717, 1.165) is 6.54 Å². The molecule has 15 heavy (non-hydrogen) atoms. The number of nitrogens with zero attached hydrogens (tertiary/aromatic N) is 1. The fraction of sp³-hybridized carbons (Fsp3) is 0.929. The average molecular weight is 210 g/mol. The van der Waals surface area contributed by atoms with E-state index in [0.29, 0.717) is 16.9 Å². The summed E-state index contributed by atoms with van der Waals surface area (Å²) >= 11 is 0. The van der Waals surface area contributed by atoms with E-state index in [4.69, 9.17) is 0 Å². The number of hydrogen-bond donors (Lipinski definition) is 0. The van der Waals surface area contributed by atoms with Crippen molar-refractivity contribution in [2.45, 2.75) is 67.3 Å². The highest BCUT2D eigenvalue weighted by Gasteiger charge is 2.44. The molecule has 1 nitrogen and oxygen atoms in total. The fourth-order valence-corrected chi connectivity index (χ4v) is 3.06. The van der Waals surface area contributed by atoms with E-state index < -0.39 is 0 Å². The van der Waals surface area contributed by atoms with Crippen LogP contribution in [0.25, 0.3) is 0 Å². The van der Waals surface area contributed by atoms with Crippen LogP contribution in [0.4, 0.5) is 0 Å². The van der Waals surface area contributed by atoms with Crippen LogP contribution in [0.2, 0.25) is 0 Å². The Kier molecular flexibility index (Phi) is 3.33. The van der Waals surface area contributed by atoms with Gasteiger partial charge in [-0.1, -0.05) is 27.7 Å². The Balaban J connectivity index is 3.10. The monoisotopic (exact) mass is 210 g/mol. The summed E-state index contributed by atoms with van der Waals surface area (Å²) in [6.45, 7) is 17.8. The highest BCUT2D eigenvalue weighted by molar-refractivity contribution is 5.78. The van der Waals surface area contributed by atoms with Crippen LogP contribution in [0.3, 0.4) is 0 Å². The Labute approximate surface area is 95.6 Å². The quantitative estimate of drug-likeness (QED) is 0.580. The van der Waals surface area contributed by atoms with Crippen molar-refractivity contribution >= 4 is 5.71 Å². The maximum absolute atomic E-state index is 2.58. The molecule has 88 valence electrons. The largest absolute Gasteiger partial charge is 0.235 e. The zero-order valence-corrected chi connectivity index (χ0v) is 11.6. The van der Waals surface area contributed by atoms with Crippen LogP contribution in [0, 0.1) is 10.8 Å². The van der Waals surface area contributed by atoms with Gasteiger partial charge in [-0.3, -0.25) is 0 Å². The molecule has 0 spiro atoms. The van der Waals surface area contributed by atoms with Gasteiger partial charge in [0.2, 0.25) is 0 Å². The van der Waals surface area contributed by atoms with Crippen LogP contribution in [0.15, 0.2) is 0 Å². The van der Waals surface area contributed by atoms with Crippen molar-refractivity contribution in [2.75, 3.05) is 6.54 Å². The lowest BCUT2D eigenvalue weighted by atomic mass is 9.63. The van der Waals surface area contributed by atoms with Crippen LogP contribution in [0.5, 0.6) is 0 Å². The fourth-order valence-electron chi connectivity index (χ4n) is 3.06. The van der Waals surface area contributed by atoms with E-state index >= 15 is 0 Å². The highest BCUT2D eigenvalue weighted by atomic mass is 15.0. The smallest absolute Gasteiger partial charge is 0.150 e. The van der Waals surface area contributed by atoms with Crippen molar-refractivity contribution < 1.29 is 4.58 Å². The number of hydrogen-bond acceptors (Lipinski definition) is 0. The maximum atomic E-state index is 2.58. The van der Waals surface area contributed by atoms with Crippen molar-refractivity contribution in [1.82, 2.24) is 0 Å². The van der Waals surface area contributed by atoms with Gasteiger partial charge in [0, 0.05) is 19.8 Å². The molecule has 1 aliphatic heterocycles. The van der Waals surface area contributed by atoms with Gasteiger partial charge in [0.1, 0.15) is 18.3 Å². The SMILES string of the molecule is CC[N+]1=C(C)CC(C)(C)C(C)(C)CC1C. The summed E-state index contributed by atoms with van der Waals surface area (Å²) in [5, 5.41) is 0. The minimum Gasteiger partial charge on any atom is -0.235 e. The summed E-state index contributed by atoms with van der Waals surface area (Å²) in [5.41, 5.74) is 2.41. The van der Waals surface area contributed by atoms with Crippen LogP contribution in [0.1, 0.15) is 61.3 Å². The normalized spacial score (nSPS) is 30.2. The summed E-state index contributed by atoms with van der Waals surface area (Å²) < 4.78 is 2.58. The first-order valence-corrected chi connectivity index (χ1v) is 6.30. The van der Waals surface area contributed by atoms with Crippen molar-refractivity contribution in [3.05, 3.63) is 0 Å².